The highest BCUT2D eigenvalue weighted by atomic mass is 16.5. The quantitative estimate of drug-likeness (QED) is 0.394. The van der Waals surface area contributed by atoms with Gasteiger partial charge in [0.15, 0.2) is 0 Å². The first kappa shape index (κ1) is 19.7. The Kier molecular flexibility index (Phi) is 5.52. The molecule has 0 saturated carbocycles. The van der Waals surface area contributed by atoms with E-state index in [0.29, 0.717) is 17.4 Å². The molecule has 1 aromatic heterocycles. The van der Waals surface area contributed by atoms with Crippen molar-refractivity contribution in [2.24, 2.45) is 9.98 Å². The average molecular weight is 403 g/mol. The maximum absolute atomic E-state index is 5.61. The lowest BCUT2D eigenvalue weighted by molar-refractivity contribution is 0.237. The van der Waals surface area contributed by atoms with Crippen molar-refractivity contribution >= 4 is 28.3 Å². The Balaban J connectivity index is 1.72. The number of rotatable bonds is 4. The van der Waals surface area contributed by atoms with Crippen LogP contribution < -0.4 is 0 Å². The van der Waals surface area contributed by atoms with Crippen molar-refractivity contribution in [3.8, 4) is 0 Å². The third kappa shape index (κ3) is 3.91. The molecule has 4 rings (SSSR count). The number of nitrogens with zero attached hydrogens (tertiary/aromatic N) is 4. The summed E-state index contributed by atoms with van der Waals surface area (Å²) in [6.45, 7) is 5.49. The largest absolute Gasteiger partial charge is 0.497 e. The van der Waals surface area contributed by atoms with Gasteiger partial charge in [-0.1, -0.05) is 24.3 Å². The standard InChI is InChI=1S/C23H25N5O2/c1-15(29-3)22(30-4)23(26-20-9-10-21-19(11-20)12-24-27-21)25-16(2)28-13-17-7-5-6-8-18(17)14-28/h5-12H,13-14H2,1-4H3,(H,24,27)/b22-15-,25-16?,26-23?. The minimum atomic E-state index is 0.466. The fourth-order valence-corrected chi connectivity index (χ4v) is 3.52. The number of aromatic amines is 1. The van der Waals surface area contributed by atoms with Gasteiger partial charge in [0.25, 0.3) is 0 Å². The number of hydrogen-bond donors (Lipinski definition) is 1. The summed E-state index contributed by atoms with van der Waals surface area (Å²) in [6.07, 6.45) is 1.78. The van der Waals surface area contributed by atoms with E-state index in [1.165, 1.54) is 11.1 Å². The van der Waals surface area contributed by atoms with E-state index in [-0.39, 0.29) is 0 Å². The van der Waals surface area contributed by atoms with Gasteiger partial charge in [-0.25, -0.2) is 9.98 Å². The van der Waals surface area contributed by atoms with E-state index in [1.54, 1.807) is 20.4 Å². The maximum Gasteiger partial charge on any atom is 0.201 e. The van der Waals surface area contributed by atoms with Crippen molar-refractivity contribution < 1.29 is 9.47 Å². The SMILES string of the molecule is CO/C(C)=C(\OC)C(=Nc1ccc2[nH]ncc2c1)N=C(C)N1Cc2ccccc2C1. The zero-order chi connectivity index (χ0) is 21.1. The van der Waals surface area contributed by atoms with Gasteiger partial charge in [-0.15, -0.1) is 0 Å². The van der Waals surface area contributed by atoms with Crippen molar-refractivity contribution in [3.63, 3.8) is 0 Å². The van der Waals surface area contributed by atoms with Gasteiger partial charge in [-0.3, -0.25) is 5.10 Å². The highest BCUT2D eigenvalue weighted by molar-refractivity contribution is 6.06. The first-order valence-electron chi connectivity index (χ1n) is 9.77. The van der Waals surface area contributed by atoms with Crippen LogP contribution in [0.1, 0.15) is 25.0 Å². The summed E-state index contributed by atoms with van der Waals surface area (Å²) < 4.78 is 11.0. The maximum atomic E-state index is 5.61. The van der Waals surface area contributed by atoms with Crippen LogP contribution in [0.2, 0.25) is 0 Å². The molecule has 0 amide bonds. The molecule has 0 fully saturated rings. The number of ether oxygens (including phenoxy) is 2. The number of hydrogen-bond acceptors (Lipinski definition) is 4. The molecule has 30 heavy (non-hydrogen) atoms. The first-order chi connectivity index (χ1) is 14.6. The Morgan fingerprint density at radius 1 is 1.03 bits per heavy atom. The summed E-state index contributed by atoms with van der Waals surface area (Å²) in [5, 5.41) is 8.01. The number of methoxy groups -OCH3 is 2. The Morgan fingerprint density at radius 2 is 1.77 bits per heavy atom. The smallest absolute Gasteiger partial charge is 0.201 e. The third-order valence-corrected chi connectivity index (χ3v) is 5.26. The van der Waals surface area contributed by atoms with Gasteiger partial charge in [-0.2, -0.15) is 5.10 Å². The van der Waals surface area contributed by atoms with Crippen LogP contribution in [0, 0.1) is 0 Å². The molecule has 0 bridgehead atoms. The van der Waals surface area contributed by atoms with Gasteiger partial charge < -0.3 is 14.4 Å². The number of aliphatic imine (C=N–C) groups is 2. The molecule has 2 heterocycles. The number of benzene rings is 2. The zero-order valence-corrected chi connectivity index (χ0v) is 17.6. The Labute approximate surface area is 175 Å². The van der Waals surface area contributed by atoms with Crippen molar-refractivity contribution in [3.05, 3.63) is 71.3 Å². The Morgan fingerprint density at radius 3 is 2.43 bits per heavy atom. The molecule has 7 heteroatoms. The van der Waals surface area contributed by atoms with E-state index in [0.717, 1.165) is 35.5 Å². The molecule has 154 valence electrons. The zero-order valence-electron chi connectivity index (χ0n) is 17.6. The van der Waals surface area contributed by atoms with Crippen LogP contribution in [0.5, 0.6) is 0 Å². The Bertz CT molecular complexity index is 1130. The second-order valence-electron chi connectivity index (χ2n) is 7.15. The molecule has 3 aromatic rings. The van der Waals surface area contributed by atoms with E-state index in [1.807, 2.05) is 32.0 Å². The normalized spacial score (nSPS) is 15.3. The molecular weight excluding hydrogens is 378 g/mol. The second-order valence-corrected chi connectivity index (χ2v) is 7.15. The van der Waals surface area contributed by atoms with Gasteiger partial charge in [0.2, 0.25) is 11.6 Å². The molecular formula is C23H25N5O2. The van der Waals surface area contributed by atoms with Crippen LogP contribution in [0.25, 0.3) is 10.9 Å². The lowest BCUT2D eigenvalue weighted by atomic mass is 10.1. The number of fused-ring (bicyclic) bond motifs is 2. The molecule has 7 nitrogen and oxygen atoms in total. The monoisotopic (exact) mass is 403 g/mol. The van der Waals surface area contributed by atoms with E-state index in [9.17, 15) is 0 Å². The molecule has 0 aliphatic carbocycles. The molecule has 0 unspecified atom stereocenters. The van der Waals surface area contributed by atoms with Crippen LogP contribution in [0.4, 0.5) is 5.69 Å². The van der Waals surface area contributed by atoms with E-state index in [2.05, 4.69) is 39.4 Å². The number of nitrogens with one attached hydrogen (secondary N) is 1. The summed E-state index contributed by atoms with van der Waals surface area (Å²) in [4.78, 5) is 11.9. The topological polar surface area (TPSA) is 75.1 Å². The molecule has 2 aromatic carbocycles. The molecule has 1 aliphatic heterocycles. The van der Waals surface area contributed by atoms with Gasteiger partial charge in [0, 0.05) is 18.5 Å². The fraction of sp³-hybridized carbons (Fsp3) is 0.261. The predicted molar refractivity (Wildman–Crippen MR) is 119 cm³/mol. The minimum absolute atomic E-state index is 0.466. The highest BCUT2D eigenvalue weighted by Crippen LogP contribution is 2.24. The lowest BCUT2D eigenvalue weighted by Crippen LogP contribution is -2.24. The van der Waals surface area contributed by atoms with E-state index < -0.39 is 0 Å². The number of H-pyrrole nitrogens is 1. The average Bonchev–Trinajstić information content (AvgIpc) is 3.40. The van der Waals surface area contributed by atoms with Gasteiger partial charge >= 0.3 is 0 Å². The molecule has 0 atom stereocenters. The molecule has 0 radical (unpaired) electrons. The summed E-state index contributed by atoms with van der Waals surface area (Å²) in [5.41, 5.74) is 4.37. The van der Waals surface area contributed by atoms with Crippen LogP contribution in [0.3, 0.4) is 0 Å². The van der Waals surface area contributed by atoms with Gasteiger partial charge in [0.05, 0.1) is 31.6 Å². The van der Waals surface area contributed by atoms with Crippen LogP contribution in [-0.4, -0.2) is 41.0 Å². The van der Waals surface area contributed by atoms with Crippen LogP contribution in [-0.2, 0) is 22.6 Å². The predicted octanol–water partition coefficient (Wildman–Crippen LogP) is 4.55. The highest BCUT2D eigenvalue weighted by Gasteiger charge is 2.21. The fourth-order valence-electron chi connectivity index (χ4n) is 3.52. The lowest BCUT2D eigenvalue weighted by Gasteiger charge is -2.18. The van der Waals surface area contributed by atoms with E-state index >= 15 is 0 Å². The minimum Gasteiger partial charge on any atom is -0.497 e. The summed E-state index contributed by atoms with van der Waals surface area (Å²) in [6, 6.07) is 14.3. The van der Waals surface area contributed by atoms with Crippen molar-refractivity contribution in [2.75, 3.05) is 14.2 Å². The molecule has 1 aliphatic rings. The number of allylic oxidation sites excluding steroid dienone is 1. The summed E-state index contributed by atoms with van der Waals surface area (Å²) in [7, 11) is 3.21. The van der Waals surface area contributed by atoms with Gasteiger partial charge in [-0.05, 0) is 43.2 Å². The summed E-state index contributed by atoms with van der Waals surface area (Å²) >= 11 is 0. The third-order valence-electron chi connectivity index (χ3n) is 5.26. The van der Waals surface area contributed by atoms with Crippen LogP contribution in [0.15, 0.2) is 70.2 Å². The van der Waals surface area contributed by atoms with Crippen molar-refractivity contribution in [2.45, 2.75) is 26.9 Å². The number of amidine groups is 2. The Hall–Kier alpha value is -3.61. The second kappa shape index (κ2) is 8.41. The van der Waals surface area contributed by atoms with E-state index in [4.69, 9.17) is 19.5 Å². The van der Waals surface area contributed by atoms with Crippen molar-refractivity contribution in [1.82, 2.24) is 15.1 Å². The van der Waals surface area contributed by atoms with Crippen molar-refractivity contribution in [1.29, 1.82) is 0 Å². The molecule has 0 spiro atoms. The van der Waals surface area contributed by atoms with Gasteiger partial charge in [0.1, 0.15) is 11.6 Å². The molecule has 1 N–H and O–H groups in total. The number of aromatic nitrogens is 2. The van der Waals surface area contributed by atoms with Crippen LogP contribution >= 0.6 is 0 Å². The molecule has 0 saturated heterocycles. The summed E-state index contributed by atoms with van der Waals surface area (Å²) in [5.74, 6) is 2.45. The first-order valence-corrected chi connectivity index (χ1v) is 9.77.